The lowest BCUT2D eigenvalue weighted by Crippen LogP contribution is -2.51. The predicted molar refractivity (Wildman–Crippen MR) is 87.1 cm³/mol. The van der Waals surface area contributed by atoms with Gasteiger partial charge in [0.2, 0.25) is 5.75 Å². The van der Waals surface area contributed by atoms with Crippen molar-refractivity contribution < 1.29 is 28.5 Å². The number of ether oxygens (including phenoxy) is 3. The van der Waals surface area contributed by atoms with Gasteiger partial charge < -0.3 is 28.6 Å². The van der Waals surface area contributed by atoms with Crippen molar-refractivity contribution in [1.82, 2.24) is 4.90 Å². The zero-order chi connectivity index (χ0) is 17.2. The molecule has 4 rings (SSSR count). The standard InChI is InChI=1S/C18H19NO6/c20-12-11-19(18(21)16-5-2-8-22-16)7-6-13(12)25-15-4-1-3-14-17(15)24-10-9-23-14/h1-5,8,12-13,20H,6-7,9-11H2/t12-,13-/m1/s1. The van der Waals surface area contributed by atoms with Crippen LogP contribution in [0.2, 0.25) is 0 Å². The number of rotatable bonds is 3. The molecular weight excluding hydrogens is 326 g/mol. The highest BCUT2D eigenvalue weighted by atomic mass is 16.6. The smallest absolute Gasteiger partial charge is 0.289 e. The second-order valence-corrected chi connectivity index (χ2v) is 6.02. The van der Waals surface area contributed by atoms with E-state index >= 15 is 0 Å². The molecule has 7 heteroatoms. The second-order valence-electron chi connectivity index (χ2n) is 6.02. The average molecular weight is 345 g/mol. The number of fused-ring (bicyclic) bond motifs is 1. The van der Waals surface area contributed by atoms with Crippen LogP contribution in [0.3, 0.4) is 0 Å². The van der Waals surface area contributed by atoms with Gasteiger partial charge in [0.15, 0.2) is 17.3 Å². The molecule has 3 heterocycles. The molecule has 0 aliphatic carbocycles. The van der Waals surface area contributed by atoms with Gasteiger partial charge in [-0.3, -0.25) is 4.79 Å². The Morgan fingerprint density at radius 3 is 2.88 bits per heavy atom. The minimum absolute atomic E-state index is 0.191. The Bertz CT molecular complexity index is 744. The van der Waals surface area contributed by atoms with Gasteiger partial charge >= 0.3 is 0 Å². The van der Waals surface area contributed by atoms with E-state index in [9.17, 15) is 9.90 Å². The average Bonchev–Trinajstić information content (AvgIpc) is 3.18. The molecule has 1 N–H and O–H groups in total. The van der Waals surface area contributed by atoms with Gasteiger partial charge in [-0.2, -0.15) is 0 Å². The zero-order valence-corrected chi connectivity index (χ0v) is 13.6. The lowest BCUT2D eigenvalue weighted by atomic mass is 10.0. The quantitative estimate of drug-likeness (QED) is 0.912. The molecule has 2 atom stereocenters. The maximum absolute atomic E-state index is 12.3. The predicted octanol–water partition coefficient (Wildman–Crippen LogP) is 1.71. The number of carbonyl (C=O) groups is 1. The van der Waals surface area contributed by atoms with Crippen LogP contribution in [-0.2, 0) is 0 Å². The maximum atomic E-state index is 12.3. The summed E-state index contributed by atoms with van der Waals surface area (Å²) in [5.74, 6) is 1.80. The summed E-state index contributed by atoms with van der Waals surface area (Å²) >= 11 is 0. The monoisotopic (exact) mass is 345 g/mol. The SMILES string of the molecule is O=C(c1ccco1)N1CC[C@@H](Oc2cccc3c2OCCO3)[C@H](O)C1. The van der Waals surface area contributed by atoms with Gasteiger partial charge in [0.25, 0.3) is 5.91 Å². The molecule has 7 nitrogen and oxygen atoms in total. The number of hydrogen-bond donors (Lipinski definition) is 1. The summed E-state index contributed by atoms with van der Waals surface area (Å²) in [5.41, 5.74) is 0. The minimum Gasteiger partial charge on any atom is -0.486 e. The van der Waals surface area contributed by atoms with Crippen LogP contribution in [-0.4, -0.2) is 54.4 Å². The lowest BCUT2D eigenvalue weighted by Gasteiger charge is -2.36. The first-order valence-corrected chi connectivity index (χ1v) is 8.28. The van der Waals surface area contributed by atoms with Crippen molar-refractivity contribution in [3.05, 3.63) is 42.4 Å². The number of para-hydroxylation sites is 1. The molecule has 2 aliphatic rings. The van der Waals surface area contributed by atoms with Crippen molar-refractivity contribution in [3.63, 3.8) is 0 Å². The summed E-state index contributed by atoms with van der Waals surface area (Å²) in [4.78, 5) is 13.9. The van der Waals surface area contributed by atoms with Gasteiger partial charge in [0, 0.05) is 13.0 Å². The van der Waals surface area contributed by atoms with Gasteiger partial charge in [0.05, 0.1) is 12.8 Å². The molecule has 2 aromatic rings. The summed E-state index contributed by atoms with van der Waals surface area (Å²) < 4.78 is 22.3. The summed E-state index contributed by atoms with van der Waals surface area (Å²) in [5, 5.41) is 10.4. The first-order chi connectivity index (χ1) is 12.2. The third-order valence-electron chi connectivity index (χ3n) is 4.35. The number of furan rings is 1. The number of aliphatic hydroxyl groups excluding tert-OH is 1. The van der Waals surface area contributed by atoms with Gasteiger partial charge in [-0.25, -0.2) is 0 Å². The second kappa shape index (κ2) is 6.68. The Balaban J connectivity index is 1.43. The fourth-order valence-electron chi connectivity index (χ4n) is 3.09. The summed E-state index contributed by atoms with van der Waals surface area (Å²) in [6.07, 6.45) is 0.754. The molecular formula is C18H19NO6. The molecule has 1 fully saturated rings. The number of β-amino-alcohol motifs (C(OH)–C–C–N with tert-alkyl or cyclic N) is 1. The topological polar surface area (TPSA) is 81.4 Å². The Kier molecular flexibility index (Phi) is 4.23. The van der Waals surface area contributed by atoms with Crippen LogP contribution < -0.4 is 14.2 Å². The highest BCUT2D eigenvalue weighted by Crippen LogP contribution is 2.40. The third kappa shape index (κ3) is 3.15. The first-order valence-electron chi connectivity index (χ1n) is 8.28. The van der Waals surface area contributed by atoms with Crippen molar-refractivity contribution in [1.29, 1.82) is 0 Å². The Morgan fingerprint density at radius 1 is 1.20 bits per heavy atom. The summed E-state index contributed by atoms with van der Waals surface area (Å²) in [6, 6.07) is 8.72. The number of likely N-dealkylation sites (tertiary alicyclic amines) is 1. The normalized spacial score (nSPS) is 22.5. The van der Waals surface area contributed by atoms with Crippen LogP contribution in [0, 0.1) is 0 Å². The highest BCUT2D eigenvalue weighted by Gasteiger charge is 2.33. The van der Waals surface area contributed by atoms with E-state index in [0.717, 1.165) is 0 Å². The van der Waals surface area contributed by atoms with Crippen molar-refractivity contribution in [2.75, 3.05) is 26.3 Å². The van der Waals surface area contributed by atoms with Crippen LogP contribution in [0.4, 0.5) is 0 Å². The summed E-state index contributed by atoms with van der Waals surface area (Å²) in [6.45, 7) is 1.64. The minimum atomic E-state index is -0.798. The van der Waals surface area contributed by atoms with Crippen molar-refractivity contribution in [2.45, 2.75) is 18.6 Å². The van der Waals surface area contributed by atoms with Crippen molar-refractivity contribution in [2.24, 2.45) is 0 Å². The van der Waals surface area contributed by atoms with E-state index in [2.05, 4.69) is 0 Å². The van der Waals surface area contributed by atoms with Gasteiger partial charge in [-0.15, -0.1) is 0 Å². The fraction of sp³-hybridized carbons (Fsp3) is 0.389. The molecule has 132 valence electrons. The molecule has 25 heavy (non-hydrogen) atoms. The number of benzene rings is 1. The highest BCUT2D eigenvalue weighted by molar-refractivity contribution is 5.91. The third-order valence-corrected chi connectivity index (χ3v) is 4.35. The molecule has 1 saturated heterocycles. The maximum Gasteiger partial charge on any atom is 0.289 e. The fourth-order valence-corrected chi connectivity index (χ4v) is 3.09. The molecule has 0 radical (unpaired) electrons. The molecule has 0 unspecified atom stereocenters. The molecule has 1 aromatic heterocycles. The number of hydrogen-bond acceptors (Lipinski definition) is 6. The Labute approximate surface area is 144 Å². The lowest BCUT2D eigenvalue weighted by molar-refractivity contribution is -0.0222. The van der Waals surface area contributed by atoms with Crippen LogP contribution in [0.5, 0.6) is 17.2 Å². The Hall–Kier alpha value is -2.67. The molecule has 1 aromatic carbocycles. The van der Waals surface area contributed by atoms with E-state index in [-0.39, 0.29) is 18.2 Å². The van der Waals surface area contributed by atoms with Crippen LogP contribution in [0.1, 0.15) is 17.0 Å². The number of piperidine rings is 1. The van der Waals surface area contributed by atoms with E-state index in [4.69, 9.17) is 18.6 Å². The van der Waals surface area contributed by atoms with Gasteiger partial charge in [0.1, 0.15) is 25.4 Å². The van der Waals surface area contributed by atoms with Gasteiger partial charge in [-0.05, 0) is 24.3 Å². The van der Waals surface area contributed by atoms with Gasteiger partial charge in [-0.1, -0.05) is 6.07 Å². The molecule has 1 amide bonds. The van der Waals surface area contributed by atoms with E-state index in [0.29, 0.717) is 43.4 Å². The van der Waals surface area contributed by atoms with Crippen LogP contribution in [0.15, 0.2) is 41.0 Å². The number of nitrogens with zero attached hydrogens (tertiary/aromatic N) is 1. The number of amides is 1. The van der Waals surface area contributed by atoms with E-state index < -0.39 is 12.2 Å². The summed E-state index contributed by atoms with van der Waals surface area (Å²) in [7, 11) is 0. The number of aliphatic hydroxyl groups is 1. The van der Waals surface area contributed by atoms with Crippen LogP contribution >= 0.6 is 0 Å². The molecule has 2 aliphatic heterocycles. The molecule has 0 spiro atoms. The molecule has 0 bridgehead atoms. The zero-order valence-electron chi connectivity index (χ0n) is 13.6. The van der Waals surface area contributed by atoms with Crippen molar-refractivity contribution >= 4 is 5.91 Å². The number of carbonyl (C=O) groups excluding carboxylic acids is 1. The van der Waals surface area contributed by atoms with Crippen LogP contribution in [0.25, 0.3) is 0 Å². The largest absolute Gasteiger partial charge is 0.486 e. The van der Waals surface area contributed by atoms with Crippen molar-refractivity contribution in [3.8, 4) is 17.2 Å². The van der Waals surface area contributed by atoms with E-state index in [1.807, 2.05) is 12.1 Å². The Morgan fingerprint density at radius 2 is 2.08 bits per heavy atom. The van der Waals surface area contributed by atoms with E-state index in [1.54, 1.807) is 23.1 Å². The van der Waals surface area contributed by atoms with E-state index in [1.165, 1.54) is 6.26 Å². The first kappa shape index (κ1) is 15.8. The molecule has 0 saturated carbocycles.